The number of H-pyrrole nitrogens is 1. The third-order valence-corrected chi connectivity index (χ3v) is 4.07. The smallest absolute Gasteiger partial charge is 0.234 e. The maximum Gasteiger partial charge on any atom is 0.234 e. The number of amides is 1. The van der Waals surface area contributed by atoms with Crippen molar-refractivity contribution >= 4 is 16.8 Å². The molecular formula is C17H23N3O. The van der Waals surface area contributed by atoms with E-state index in [1.807, 2.05) is 13.8 Å². The van der Waals surface area contributed by atoms with Crippen LogP contribution >= 0.6 is 0 Å². The molecule has 2 aromatic rings. The van der Waals surface area contributed by atoms with Gasteiger partial charge in [0.15, 0.2) is 0 Å². The molecule has 1 unspecified atom stereocenters. The summed E-state index contributed by atoms with van der Waals surface area (Å²) in [5, 5.41) is 7.65. The molecule has 0 spiro atoms. The van der Waals surface area contributed by atoms with Gasteiger partial charge in [0.05, 0.1) is 6.54 Å². The Hall–Kier alpha value is -1.81. The first-order chi connectivity index (χ1) is 10.1. The van der Waals surface area contributed by atoms with Crippen molar-refractivity contribution in [1.29, 1.82) is 0 Å². The number of hydrogen-bond acceptors (Lipinski definition) is 2. The molecule has 0 aliphatic heterocycles. The number of aromatic nitrogens is 1. The first-order valence-corrected chi connectivity index (χ1v) is 7.77. The highest BCUT2D eigenvalue weighted by atomic mass is 16.1. The number of fused-ring (bicyclic) bond motifs is 3. The number of aromatic amines is 1. The van der Waals surface area contributed by atoms with Gasteiger partial charge in [0, 0.05) is 28.7 Å². The van der Waals surface area contributed by atoms with Crippen molar-refractivity contribution in [3.8, 4) is 0 Å². The Labute approximate surface area is 125 Å². The van der Waals surface area contributed by atoms with Crippen LogP contribution in [-0.4, -0.2) is 23.5 Å². The predicted octanol–water partition coefficient (Wildman–Crippen LogP) is 2.66. The van der Waals surface area contributed by atoms with E-state index < -0.39 is 0 Å². The quantitative estimate of drug-likeness (QED) is 0.809. The second-order valence-electron chi connectivity index (χ2n) is 6.11. The minimum absolute atomic E-state index is 0.0632. The first kappa shape index (κ1) is 14.1. The zero-order chi connectivity index (χ0) is 14.8. The Kier molecular flexibility index (Phi) is 3.97. The van der Waals surface area contributed by atoms with Crippen molar-refractivity contribution < 1.29 is 4.79 Å². The van der Waals surface area contributed by atoms with Crippen LogP contribution in [0.4, 0.5) is 0 Å². The van der Waals surface area contributed by atoms with E-state index in [-0.39, 0.29) is 18.0 Å². The van der Waals surface area contributed by atoms with Gasteiger partial charge in [-0.15, -0.1) is 0 Å². The standard InChI is InChI=1S/C17H23N3O/c1-11(2)19-16(21)10-18-15-9-5-7-13-12-6-3-4-8-14(12)20-17(13)15/h3-4,6,8,11,15,18,20H,5,7,9-10H2,1-2H3,(H,19,21). The number of nitrogens with one attached hydrogen (secondary N) is 3. The molecule has 1 aliphatic carbocycles. The Bertz CT molecular complexity index is 645. The lowest BCUT2D eigenvalue weighted by Crippen LogP contribution is -2.39. The van der Waals surface area contributed by atoms with Gasteiger partial charge in [0.1, 0.15) is 0 Å². The molecule has 1 aromatic heterocycles. The average molecular weight is 285 g/mol. The fourth-order valence-electron chi connectivity index (χ4n) is 3.21. The number of para-hydroxylation sites is 1. The maximum atomic E-state index is 11.8. The summed E-state index contributed by atoms with van der Waals surface area (Å²) >= 11 is 0. The van der Waals surface area contributed by atoms with Crippen molar-refractivity contribution in [3.63, 3.8) is 0 Å². The molecule has 3 N–H and O–H groups in total. The second-order valence-corrected chi connectivity index (χ2v) is 6.11. The van der Waals surface area contributed by atoms with Crippen LogP contribution in [-0.2, 0) is 11.2 Å². The number of hydrogen-bond donors (Lipinski definition) is 3. The van der Waals surface area contributed by atoms with Crippen LogP contribution in [0.5, 0.6) is 0 Å². The van der Waals surface area contributed by atoms with E-state index in [1.54, 1.807) is 0 Å². The number of carbonyl (C=O) groups is 1. The van der Waals surface area contributed by atoms with Gasteiger partial charge in [-0.3, -0.25) is 4.79 Å². The lowest BCUT2D eigenvalue weighted by atomic mass is 9.91. The molecule has 1 atom stereocenters. The molecular weight excluding hydrogens is 262 g/mol. The van der Waals surface area contributed by atoms with Crippen molar-refractivity contribution in [1.82, 2.24) is 15.6 Å². The summed E-state index contributed by atoms with van der Waals surface area (Å²) in [7, 11) is 0. The number of aryl methyl sites for hydroxylation is 1. The Morgan fingerprint density at radius 2 is 2.19 bits per heavy atom. The van der Waals surface area contributed by atoms with Gasteiger partial charge in [-0.05, 0) is 44.7 Å². The molecule has 0 fully saturated rings. The lowest BCUT2D eigenvalue weighted by molar-refractivity contribution is -0.120. The van der Waals surface area contributed by atoms with Crippen molar-refractivity contribution in [2.45, 2.75) is 45.2 Å². The predicted molar refractivity (Wildman–Crippen MR) is 85.3 cm³/mol. The molecule has 0 bridgehead atoms. The summed E-state index contributed by atoms with van der Waals surface area (Å²) < 4.78 is 0. The molecule has 4 nitrogen and oxygen atoms in total. The van der Waals surface area contributed by atoms with Gasteiger partial charge in [0.25, 0.3) is 0 Å². The molecule has 1 aromatic carbocycles. The van der Waals surface area contributed by atoms with Gasteiger partial charge in [0.2, 0.25) is 5.91 Å². The van der Waals surface area contributed by atoms with Crippen LogP contribution in [0.2, 0.25) is 0 Å². The molecule has 0 saturated heterocycles. The molecule has 1 aliphatic rings. The van der Waals surface area contributed by atoms with E-state index in [0.29, 0.717) is 6.54 Å². The fraction of sp³-hybridized carbons (Fsp3) is 0.471. The molecule has 112 valence electrons. The zero-order valence-corrected chi connectivity index (χ0v) is 12.7. The lowest BCUT2D eigenvalue weighted by Gasteiger charge is -2.24. The van der Waals surface area contributed by atoms with E-state index in [1.165, 1.54) is 22.2 Å². The van der Waals surface area contributed by atoms with Crippen LogP contribution in [0.1, 0.15) is 44.0 Å². The van der Waals surface area contributed by atoms with E-state index in [4.69, 9.17) is 0 Å². The van der Waals surface area contributed by atoms with Crippen LogP contribution in [0.3, 0.4) is 0 Å². The molecule has 0 radical (unpaired) electrons. The Morgan fingerprint density at radius 3 is 3.00 bits per heavy atom. The van der Waals surface area contributed by atoms with Crippen molar-refractivity contribution in [2.75, 3.05) is 6.54 Å². The summed E-state index contributed by atoms with van der Waals surface area (Å²) in [6, 6.07) is 8.88. The maximum absolute atomic E-state index is 11.8. The Balaban J connectivity index is 1.76. The SMILES string of the molecule is CC(C)NC(=O)CNC1CCCc2c1[nH]c1ccccc21. The normalized spacial score (nSPS) is 18.0. The summed E-state index contributed by atoms with van der Waals surface area (Å²) in [6.07, 6.45) is 3.36. The summed E-state index contributed by atoms with van der Waals surface area (Å²) in [5.74, 6) is 0.0632. The van der Waals surface area contributed by atoms with Gasteiger partial charge >= 0.3 is 0 Å². The van der Waals surface area contributed by atoms with E-state index in [2.05, 4.69) is 39.9 Å². The topological polar surface area (TPSA) is 56.9 Å². The Morgan fingerprint density at radius 1 is 1.38 bits per heavy atom. The monoisotopic (exact) mass is 285 g/mol. The van der Waals surface area contributed by atoms with E-state index in [9.17, 15) is 4.79 Å². The summed E-state index contributed by atoms with van der Waals surface area (Å²) in [5.41, 5.74) is 3.88. The van der Waals surface area contributed by atoms with Crippen LogP contribution < -0.4 is 10.6 Å². The van der Waals surface area contributed by atoms with Gasteiger partial charge in [-0.1, -0.05) is 18.2 Å². The summed E-state index contributed by atoms with van der Waals surface area (Å²) in [6.45, 7) is 4.33. The zero-order valence-electron chi connectivity index (χ0n) is 12.7. The molecule has 4 heteroatoms. The van der Waals surface area contributed by atoms with E-state index >= 15 is 0 Å². The second kappa shape index (κ2) is 5.90. The van der Waals surface area contributed by atoms with Crippen molar-refractivity contribution in [3.05, 3.63) is 35.5 Å². The molecule has 21 heavy (non-hydrogen) atoms. The van der Waals surface area contributed by atoms with Crippen LogP contribution in [0, 0.1) is 0 Å². The van der Waals surface area contributed by atoms with E-state index in [0.717, 1.165) is 19.3 Å². The number of carbonyl (C=O) groups excluding carboxylic acids is 1. The van der Waals surface area contributed by atoms with Crippen LogP contribution in [0.15, 0.2) is 24.3 Å². The molecule has 1 amide bonds. The molecule has 1 heterocycles. The molecule has 0 saturated carbocycles. The van der Waals surface area contributed by atoms with Crippen LogP contribution in [0.25, 0.3) is 10.9 Å². The third-order valence-electron chi connectivity index (χ3n) is 4.07. The third kappa shape index (κ3) is 2.95. The largest absolute Gasteiger partial charge is 0.357 e. The molecule has 3 rings (SSSR count). The summed E-state index contributed by atoms with van der Waals surface area (Å²) in [4.78, 5) is 15.3. The first-order valence-electron chi connectivity index (χ1n) is 7.77. The highest BCUT2D eigenvalue weighted by Gasteiger charge is 2.24. The fourth-order valence-corrected chi connectivity index (χ4v) is 3.21. The van der Waals surface area contributed by atoms with Gasteiger partial charge in [-0.25, -0.2) is 0 Å². The highest BCUT2D eigenvalue weighted by molar-refractivity contribution is 5.85. The highest BCUT2D eigenvalue weighted by Crippen LogP contribution is 2.34. The minimum atomic E-state index is 0.0632. The van der Waals surface area contributed by atoms with Gasteiger partial charge in [-0.2, -0.15) is 0 Å². The average Bonchev–Trinajstić information content (AvgIpc) is 2.83. The van der Waals surface area contributed by atoms with Crippen molar-refractivity contribution in [2.24, 2.45) is 0 Å². The number of rotatable bonds is 4. The number of benzene rings is 1. The minimum Gasteiger partial charge on any atom is -0.357 e. The van der Waals surface area contributed by atoms with Gasteiger partial charge < -0.3 is 15.6 Å².